The molecule has 0 unspecified atom stereocenters. The van der Waals surface area contributed by atoms with E-state index in [0.717, 1.165) is 19.4 Å². The Morgan fingerprint density at radius 2 is 2.36 bits per heavy atom. The molecule has 1 aliphatic rings. The summed E-state index contributed by atoms with van der Waals surface area (Å²) in [5.74, 6) is 0. The molecule has 0 spiro atoms. The first-order valence-electron chi connectivity index (χ1n) is 4.90. The van der Waals surface area contributed by atoms with Gasteiger partial charge in [-0.15, -0.1) is 0 Å². The number of benzene rings is 1. The van der Waals surface area contributed by atoms with E-state index < -0.39 is 0 Å². The highest BCUT2D eigenvalue weighted by molar-refractivity contribution is 5.46. The van der Waals surface area contributed by atoms with E-state index in [0.29, 0.717) is 6.54 Å². The highest BCUT2D eigenvalue weighted by Crippen LogP contribution is 2.21. The fraction of sp³-hybridized carbons (Fsp3) is 0.364. The number of hydrogen-bond acceptors (Lipinski definition) is 2. The second kappa shape index (κ2) is 4.24. The van der Waals surface area contributed by atoms with Crippen LogP contribution in [0.1, 0.15) is 17.2 Å². The summed E-state index contributed by atoms with van der Waals surface area (Å²) in [6.45, 7) is 1.66. The molecule has 1 heterocycles. The lowest BCUT2D eigenvalue weighted by Crippen LogP contribution is -2.36. The summed E-state index contributed by atoms with van der Waals surface area (Å²) in [7, 11) is 0. The average Bonchev–Trinajstić information content (AvgIpc) is 2.26. The zero-order valence-corrected chi connectivity index (χ0v) is 7.99. The first-order valence-corrected chi connectivity index (χ1v) is 4.90. The molecule has 3 heteroatoms. The molecule has 1 aromatic rings. The van der Waals surface area contributed by atoms with Crippen LogP contribution in [0.3, 0.4) is 0 Å². The average molecular weight is 190 g/mol. The molecule has 1 atom stereocenters. The van der Waals surface area contributed by atoms with Gasteiger partial charge in [0.15, 0.2) is 0 Å². The molecule has 14 heavy (non-hydrogen) atoms. The predicted octanol–water partition coefficient (Wildman–Crippen LogP) is 0.619. The molecule has 1 aromatic carbocycles. The largest absolute Gasteiger partial charge is 0.357 e. The second-order valence-electron chi connectivity index (χ2n) is 3.48. The van der Waals surface area contributed by atoms with Gasteiger partial charge in [-0.05, 0) is 24.1 Å². The number of rotatable bonds is 3. The molecular formula is C11H14N2O. The standard InChI is InChI=1S/C11H14N2O/c14-8-12-7-11-10-4-2-1-3-9(10)5-6-13-11/h1-4,8,11,13H,5-7H2,(H,12,14)/t11-/m0/s1. The zero-order chi connectivity index (χ0) is 9.80. The zero-order valence-electron chi connectivity index (χ0n) is 7.99. The van der Waals surface area contributed by atoms with Crippen molar-refractivity contribution in [3.63, 3.8) is 0 Å². The first kappa shape index (κ1) is 9.21. The van der Waals surface area contributed by atoms with Crippen molar-refractivity contribution < 1.29 is 4.79 Å². The Balaban J connectivity index is 2.17. The predicted molar refractivity (Wildman–Crippen MR) is 55.0 cm³/mol. The quantitative estimate of drug-likeness (QED) is 0.686. The number of fused-ring (bicyclic) bond motifs is 1. The number of carbonyl (C=O) groups excluding carboxylic acids is 1. The molecule has 0 saturated heterocycles. The SMILES string of the molecule is O=CNC[C@@H]1NCCc2ccccc21. The van der Waals surface area contributed by atoms with Crippen LogP contribution < -0.4 is 10.6 Å². The van der Waals surface area contributed by atoms with Gasteiger partial charge >= 0.3 is 0 Å². The minimum absolute atomic E-state index is 0.269. The van der Waals surface area contributed by atoms with Crippen molar-refractivity contribution in [3.8, 4) is 0 Å². The van der Waals surface area contributed by atoms with Gasteiger partial charge in [-0.2, -0.15) is 0 Å². The summed E-state index contributed by atoms with van der Waals surface area (Å²) in [5, 5.41) is 6.10. The fourth-order valence-electron chi connectivity index (χ4n) is 1.94. The molecule has 74 valence electrons. The Bertz CT molecular complexity index is 325. The van der Waals surface area contributed by atoms with Gasteiger partial charge in [0.2, 0.25) is 6.41 Å². The molecule has 0 aromatic heterocycles. The van der Waals surface area contributed by atoms with E-state index >= 15 is 0 Å². The maximum absolute atomic E-state index is 10.2. The van der Waals surface area contributed by atoms with Crippen LogP contribution in [-0.2, 0) is 11.2 Å². The van der Waals surface area contributed by atoms with Crippen LogP contribution in [0.25, 0.3) is 0 Å². The molecule has 0 fully saturated rings. The molecule has 2 rings (SSSR count). The minimum Gasteiger partial charge on any atom is -0.357 e. The number of nitrogens with one attached hydrogen (secondary N) is 2. The second-order valence-corrected chi connectivity index (χ2v) is 3.48. The van der Waals surface area contributed by atoms with Crippen molar-refractivity contribution in [1.29, 1.82) is 0 Å². The van der Waals surface area contributed by atoms with Gasteiger partial charge in [-0.1, -0.05) is 24.3 Å². The number of hydrogen-bond donors (Lipinski definition) is 2. The molecule has 1 aliphatic heterocycles. The highest BCUT2D eigenvalue weighted by Gasteiger charge is 2.17. The van der Waals surface area contributed by atoms with Crippen molar-refractivity contribution in [3.05, 3.63) is 35.4 Å². The van der Waals surface area contributed by atoms with Crippen LogP contribution in [-0.4, -0.2) is 19.5 Å². The van der Waals surface area contributed by atoms with Gasteiger partial charge < -0.3 is 10.6 Å². The molecule has 3 nitrogen and oxygen atoms in total. The van der Waals surface area contributed by atoms with E-state index in [2.05, 4.69) is 28.8 Å². The van der Waals surface area contributed by atoms with E-state index in [1.165, 1.54) is 11.1 Å². The summed E-state index contributed by atoms with van der Waals surface area (Å²) in [6.07, 6.45) is 1.83. The van der Waals surface area contributed by atoms with Crippen molar-refractivity contribution in [2.24, 2.45) is 0 Å². The van der Waals surface area contributed by atoms with Crippen LogP contribution >= 0.6 is 0 Å². The van der Waals surface area contributed by atoms with E-state index in [1.54, 1.807) is 0 Å². The van der Waals surface area contributed by atoms with Crippen molar-refractivity contribution in [1.82, 2.24) is 10.6 Å². The normalized spacial score (nSPS) is 19.9. The maximum atomic E-state index is 10.2. The van der Waals surface area contributed by atoms with Gasteiger partial charge in [0.1, 0.15) is 0 Å². The van der Waals surface area contributed by atoms with Gasteiger partial charge in [0.25, 0.3) is 0 Å². The van der Waals surface area contributed by atoms with Crippen molar-refractivity contribution >= 4 is 6.41 Å². The highest BCUT2D eigenvalue weighted by atomic mass is 16.1. The van der Waals surface area contributed by atoms with Crippen LogP contribution in [0.2, 0.25) is 0 Å². The van der Waals surface area contributed by atoms with Gasteiger partial charge in [0, 0.05) is 12.6 Å². The summed E-state index contributed by atoms with van der Waals surface area (Å²) in [5.41, 5.74) is 2.71. The van der Waals surface area contributed by atoms with Crippen molar-refractivity contribution in [2.75, 3.05) is 13.1 Å². The molecule has 0 radical (unpaired) electrons. The number of amides is 1. The molecule has 2 N–H and O–H groups in total. The van der Waals surface area contributed by atoms with Gasteiger partial charge in [-0.25, -0.2) is 0 Å². The summed E-state index contributed by atoms with van der Waals surface area (Å²) in [6, 6.07) is 8.65. The maximum Gasteiger partial charge on any atom is 0.207 e. The smallest absolute Gasteiger partial charge is 0.207 e. The summed E-state index contributed by atoms with van der Waals surface area (Å²) in [4.78, 5) is 10.2. The van der Waals surface area contributed by atoms with Gasteiger partial charge in [0.05, 0.1) is 0 Å². The van der Waals surface area contributed by atoms with Gasteiger partial charge in [-0.3, -0.25) is 4.79 Å². The summed E-state index contributed by atoms with van der Waals surface area (Å²) < 4.78 is 0. The molecule has 1 amide bonds. The number of carbonyl (C=O) groups is 1. The Morgan fingerprint density at radius 3 is 3.21 bits per heavy atom. The molecular weight excluding hydrogens is 176 g/mol. The third-order valence-corrected chi connectivity index (χ3v) is 2.62. The van der Waals surface area contributed by atoms with Crippen LogP contribution in [0, 0.1) is 0 Å². The Morgan fingerprint density at radius 1 is 1.50 bits per heavy atom. The topological polar surface area (TPSA) is 41.1 Å². The lowest BCUT2D eigenvalue weighted by Gasteiger charge is -2.26. The van der Waals surface area contributed by atoms with Crippen LogP contribution in [0.4, 0.5) is 0 Å². The van der Waals surface area contributed by atoms with E-state index in [9.17, 15) is 4.79 Å². The molecule has 0 aliphatic carbocycles. The summed E-state index contributed by atoms with van der Waals surface area (Å²) >= 11 is 0. The first-order chi connectivity index (χ1) is 6.92. The third kappa shape index (κ3) is 1.77. The lowest BCUT2D eigenvalue weighted by molar-refractivity contribution is -0.109. The molecule has 0 saturated carbocycles. The van der Waals surface area contributed by atoms with Crippen LogP contribution in [0.5, 0.6) is 0 Å². The Labute approximate surface area is 83.5 Å². The lowest BCUT2D eigenvalue weighted by atomic mass is 9.94. The Kier molecular flexibility index (Phi) is 2.79. The van der Waals surface area contributed by atoms with E-state index in [-0.39, 0.29) is 6.04 Å². The van der Waals surface area contributed by atoms with E-state index in [1.807, 2.05) is 6.07 Å². The fourth-order valence-corrected chi connectivity index (χ4v) is 1.94. The van der Waals surface area contributed by atoms with E-state index in [4.69, 9.17) is 0 Å². The monoisotopic (exact) mass is 190 g/mol. The van der Waals surface area contributed by atoms with Crippen molar-refractivity contribution in [2.45, 2.75) is 12.5 Å². The molecule has 0 bridgehead atoms. The van der Waals surface area contributed by atoms with Crippen LogP contribution in [0.15, 0.2) is 24.3 Å². The Hall–Kier alpha value is -1.35. The third-order valence-electron chi connectivity index (χ3n) is 2.62. The minimum atomic E-state index is 0.269.